The number of hydrogen-bond donors (Lipinski definition) is 0. The summed E-state index contributed by atoms with van der Waals surface area (Å²) >= 11 is 5.90. The third-order valence-electron chi connectivity index (χ3n) is 4.15. The fourth-order valence-electron chi connectivity index (χ4n) is 2.75. The van der Waals surface area contributed by atoms with Gasteiger partial charge in [0.15, 0.2) is 5.78 Å². The van der Waals surface area contributed by atoms with Crippen molar-refractivity contribution >= 4 is 27.4 Å². The number of Topliss-reactive ketones (excluding diaryl/α,β-unsaturated/α-hetero) is 1. The number of nitrogens with zero attached hydrogens (tertiary/aromatic N) is 1. The second-order valence-electron chi connectivity index (χ2n) is 5.86. The number of benzene rings is 2. The van der Waals surface area contributed by atoms with E-state index in [0.29, 0.717) is 17.2 Å². The second kappa shape index (κ2) is 7.25. The van der Waals surface area contributed by atoms with Gasteiger partial charge in [-0.05, 0) is 36.8 Å². The summed E-state index contributed by atoms with van der Waals surface area (Å²) in [7, 11) is -3.69. The molecule has 1 unspecified atom stereocenters. The lowest BCUT2D eigenvalue weighted by Crippen LogP contribution is -2.42. The van der Waals surface area contributed by atoms with Crippen LogP contribution in [0.3, 0.4) is 0 Å². The number of carbonyl (C=O) groups is 1. The Morgan fingerprint density at radius 3 is 2.60 bits per heavy atom. The van der Waals surface area contributed by atoms with Crippen LogP contribution in [0.5, 0.6) is 0 Å². The van der Waals surface area contributed by atoms with Crippen LogP contribution < -0.4 is 0 Å². The Bertz CT molecular complexity index is 880. The lowest BCUT2D eigenvalue weighted by atomic mass is 10.1. The Balaban J connectivity index is 1.86. The maximum atomic E-state index is 12.9. The zero-order chi connectivity index (χ0) is 18.0. The van der Waals surface area contributed by atoms with Crippen molar-refractivity contribution in [2.24, 2.45) is 0 Å². The second-order valence-corrected chi connectivity index (χ2v) is 8.23. The van der Waals surface area contributed by atoms with Crippen molar-refractivity contribution < 1.29 is 17.9 Å². The lowest BCUT2D eigenvalue weighted by Gasteiger charge is -2.32. The molecule has 1 heterocycles. The Morgan fingerprint density at radius 1 is 1.20 bits per heavy atom. The normalized spacial score (nSPS) is 18.9. The SMILES string of the molecule is CC(=O)c1cccc(S(=O)(=O)N2CCOC(c3ccc(Cl)cc3)C2)c1. The van der Waals surface area contributed by atoms with Gasteiger partial charge in [0.1, 0.15) is 0 Å². The zero-order valence-electron chi connectivity index (χ0n) is 13.7. The van der Waals surface area contributed by atoms with E-state index in [1.54, 1.807) is 24.3 Å². The Hall–Kier alpha value is -1.73. The number of ketones is 1. The molecule has 1 fully saturated rings. The van der Waals surface area contributed by atoms with E-state index in [9.17, 15) is 13.2 Å². The number of sulfonamides is 1. The molecule has 0 aromatic heterocycles. The summed E-state index contributed by atoms with van der Waals surface area (Å²) in [6.07, 6.45) is -0.350. The quantitative estimate of drug-likeness (QED) is 0.764. The first kappa shape index (κ1) is 18.1. The molecule has 1 aliphatic rings. The van der Waals surface area contributed by atoms with Gasteiger partial charge in [0.25, 0.3) is 0 Å². The summed E-state index contributed by atoms with van der Waals surface area (Å²) in [5, 5.41) is 0.616. The van der Waals surface area contributed by atoms with Crippen LogP contribution in [-0.4, -0.2) is 38.2 Å². The minimum atomic E-state index is -3.69. The van der Waals surface area contributed by atoms with E-state index in [0.717, 1.165) is 5.56 Å². The molecule has 0 N–H and O–H groups in total. The first-order valence-corrected chi connectivity index (χ1v) is 9.68. The van der Waals surface area contributed by atoms with Crippen molar-refractivity contribution in [1.82, 2.24) is 4.31 Å². The Labute approximate surface area is 152 Å². The summed E-state index contributed by atoms with van der Waals surface area (Å²) < 4.78 is 33.0. The van der Waals surface area contributed by atoms with E-state index in [4.69, 9.17) is 16.3 Å². The average Bonchev–Trinajstić information content (AvgIpc) is 2.62. The maximum absolute atomic E-state index is 12.9. The predicted octanol–water partition coefficient (Wildman–Crippen LogP) is 3.30. The molecule has 2 aromatic carbocycles. The predicted molar refractivity (Wildman–Crippen MR) is 95.4 cm³/mol. The maximum Gasteiger partial charge on any atom is 0.243 e. The van der Waals surface area contributed by atoms with Crippen molar-refractivity contribution in [3.05, 3.63) is 64.7 Å². The van der Waals surface area contributed by atoms with Gasteiger partial charge in [0.05, 0.1) is 17.6 Å². The fraction of sp³-hybridized carbons (Fsp3) is 0.278. The molecule has 132 valence electrons. The van der Waals surface area contributed by atoms with Gasteiger partial charge >= 0.3 is 0 Å². The average molecular weight is 380 g/mol. The van der Waals surface area contributed by atoms with Crippen molar-refractivity contribution in [1.29, 1.82) is 0 Å². The number of halogens is 1. The molecule has 0 spiro atoms. The van der Waals surface area contributed by atoms with Crippen LogP contribution in [-0.2, 0) is 14.8 Å². The van der Waals surface area contributed by atoms with Crippen molar-refractivity contribution in [3.63, 3.8) is 0 Å². The minimum Gasteiger partial charge on any atom is -0.371 e. The molecule has 25 heavy (non-hydrogen) atoms. The van der Waals surface area contributed by atoms with Crippen LogP contribution in [0.25, 0.3) is 0 Å². The van der Waals surface area contributed by atoms with Gasteiger partial charge in [-0.2, -0.15) is 4.31 Å². The molecule has 0 aliphatic carbocycles. The molecule has 0 saturated carbocycles. The molecule has 5 nitrogen and oxygen atoms in total. The number of ether oxygens (including phenoxy) is 1. The molecule has 0 radical (unpaired) electrons. The van der Waals surface area contributed by atoms with E-state index in [1.165, 1.54) is 23.4 Å². The largest absolute Gasteiger partial charge is 0.371 e. The molecule has 0 amide bonds. The van der Waals surface area contributed by atoms with Crippen molar-refractivity contribution in [2.75, 3.05) is 19.7 Å². The third-order valence-corrected chi connectivity index (χ3v) is 6.26. The van der Waals surface area contributed by atoms with Crippen LogP contribution in [0.2, 0.25) is 5.02 Å². The first-order valence-electron chi connectivity index (χ1n) is 7.86. The molecule has 3 rings (SSSR count). The van der Waals surface area contributed by atoms with Crippen LogP contribution in [0.4, 0.5) is 0 Å². The van der Waals surface area contributed by atoms with Crippen LogP contribution in [0.15, 0.2) is 53.4 Å². The van der Waals surface area contributed by atoms with E-state index in [2.05, 4.69) is 0 Å². The number of carbonyl (C=O) groups excluding carboxylic acids is 1. The molecule has 1 atom stereocenters. The highest BCUT2D eigenvalue weighted by atomic mass is 35.5. The van der Waals surface area contributed by atoms with Crippen molar-refractivity contribution in [3.8, 4) is 0 Å². The zero-order valence-corrected chi connectivity index (χ0v) is 15.3. The van der Waals surface area contributed by atoms with E-state index >= 15 is 0 Å². The Kier molecular flexibility index (Phi) is 5.24. The van der Waals surface area contributed by atoms with E-state index < -0.39 is 10.0 Å². The third kappa shape index (κ3) is 3.93. The van der Waals surface area contributed by atoms with Gasteiger partial charge in [0.2, 0.25) is 10.0 Å². The van der Waals surface area contributed by atoms with Gasteiger partial charge in [-0.1, -0.05) is 35.9 Å². The van der Waals surface area contributed by atoms with Gasteiger partial charge in [-0.25, -0.2) is 8.42 Å². The lowest BCUT2D eigenvalue weighted by molar-refractivity contribution is -0.00255. The molecule has 0 bridgehead atoms. The highest BCUT2D eigenvalue weighted by Gasteiger charge is 2.31. The number of morpholine rings is 1. The summed E-state index contributed by atoms with van der Waals surface area (Å²) in [4.78, 5) is 11.6. The standard InChI is InChI=1S/C18H18ClNO4S/c1-13(21)15-3-2-4-17(11-15)25(22,23)20-9-10-24-18(12-20)14-5-7-16(19)8-6-14/h2-8,11,18H,9-10,12H2,1H3. The summed E-state index contributed by atoms with van der Waals surface area (Å²) in [6.45, 7) is 2.21. The smallest absolute Gasteiger partial charge is 0.243 e. The molecule has 1 saturated heterocycles. The van der Waals surface area contributed by atoms with E-state index in [-0.39, 0.29) is 29.9 Å². The van der Waals surface area contributed by atoms with Crippen LogP contribution in [0.1, 0.15) is 28.9 Å². The summed E-state index contributed by atoms with van der Waals surface area (Å²) in [5.74, 6) is -0.168. The van der Waals surface area contributed by atoms with Gasteiger partial charge in [-0.15, -0.1) is 0 Å². The molecular formula is C18H18ClNO4S. The van der Waals surface area contributed by atoms with Gasteiger partial charge < -0.3 is 4.74 Å². The molecule has 2 aromatic rings. The number of rotatable bonds is 4. The number of hydrogen-bond acceptors (Lipinski definition) is 4. The van der Waals surface area contributed by atoms with Gasteiger partial charge in [0, 0.05) is 23.7 Å². The first-order chi connectivity index (χ1) is 11.9. The van der Waals surface area contributed by atoms with Gasteiger partial charge in [-0.3, -0.25) is 4.79 Å². The summed E-state index contributed by atoms with van der Waals surface area (Å²) in [6, 6.07) is 13.3. The van der Waals surface area contributed by atoms with Crippen LogP contribution >= 0.6 is 11.6 Å². The molecule has 1 aliphatic heterocycles. The van der Waals surface area contributed by atoms with Crippen molar-refractivity contribution in [2.45, 2.75) is 17.9 Å². The van der Waals surface area contributed by atoms with E-state index in [1.807, 2.05) is 12.1 Å². The highest BCUT2D eigenvalue weighted by Crippen LogP contribution is 2.27. The topological polar surface area (TPSA) is 63.7 Å². The fourth-order valence-corrected chi connectivity index (χ4v) is 4.34. The monoisotopic (exact) mass is 379 g/mol. The minimum absolute atomic E-state index is 0.122. The summed E-state index contributed by atoms with van der Waals surface area (Å²) in [5.41, 5.74) is 1.25. The molecule has 7 heteroatoms. The molecular weight excluding hydrogens is 362 g/mol. The Morgan fingerprint density at radius 2 is 1.92 bits per heavy atom. The highest BCUT2D eigenvalue weighted by molar-refractivity contribution is 7.89. The van der Waals surface area contributed by atoms with Crippen LogP contribution in [0, 0.1) is 0 Å².